The molecule has 9 unspecified atom stereocenters. The van der Waals surface area contributed by atoms with E-state index in [1.807, 2.05) is 0 Å². The minimum atomic E-state index is -0.623. The molecular formula is C39H60N6O6. The van der Waals surface area contributed by atoms with Crippen molar-refractivity contribution in [1.82, 2.24) is 13.7 Å². The molecular weight excluding hydrogens is 648 g/mol. The average molecular weight is 709 g/mol. The topological polar surface area (TPSA) is 154 Å². The molecule has 0 spiro atoms. The van der Waals surface area contributed by atoms with Gasteiger partial charge in [-0.25, -0.2) is 57.4 Å². The summed E-state index contributed by atoms with van der Waals surface area (Å²) in [6.45, 7) is 6.20. The molecule has 4 rings (SSSR count). The highest BCUT2D eigenvalue weighted by atomic mass is 16.2. The maximum absolute atomic E-state index is 15.2. The van der Waals surface area contributed by atoms with E-state index in [9.17, 15) is 14.4 Å². The molecule has 282 valence electrons. The van der Waals surface area contributed by atoms with E-state index >= 15 is 14.4 Å². The second-order valence-corrected chi connectivity index (χ2v) is 15.3. The van der Waals surface area contributed by atoms with Crippen LogP contribution >= 0.6 is 0 Å². The van der Waals surface area contributed by atoms with E-state index in [4.69, 9.17) is 0 Å². The highest BCUT2D eigenvalue weighted by molar-refractivity contribution is 5.34. The summed E-state index contributed by atoms with van der Waals surface area (Å²) in [4.78, 5) is 93.1. The van der Waals surface area contributed by atoms with E-state index in [-0.39, 0.29) is 35.9 Å². The number of nitrogens with zero attached hydrogens (tertiary/aromatic N) is 6. The summed E-state index contributed by atoms with van der Waals surface area (Å²) in [6, 6.07) is -2.85. The van der Waals surface area contributed by atoms with Crippen LogP contribution in [-0.4, -0.2) is 50.1 Å². The third kappa shape index (κ3) is 9.51. The molecule has 12 nitrogen and oxygen atoms in total. The van der Waals surface area contributed by atoms with Crippen molar-refractivity contribution in [2.45, 2.75) is 192 Å². The van der Waals surface area contributed by atoms with E-state index in [2.05, 4.69) is 35.7 Å². The Kier molecular flexibility index (Phi) is 16.3. The summed E-state index contributed by atoms with van der Waals surface area (Å²) in [6.07, 6.45) is 21.1. The second-order valence-electron chi connectivity index (χ2n) is 15.3. The van der Waals surface area contributed by atoms with Crippen molar-refractivity contribution in [3.63, 3.8) is 0 Å². The zero-order valence-corrected chi connectivity index (χ0v) is 31.2. The second kappa shape index (κ2) is 20.6. The Morgan fingerprint density at radius 2 is 0.745 bits per heavy atom. The fraction of sp³-hybridized carbons (Fsp3) is 0.846. The minimum absolute atomic E-state index is 0.246. The molecule has 0 aromatic carbocycles. The van der Waals surface area contributed by atoms with Gasteiger partial charge in [-0.1, -0.05) is 97.8 Å². The molecule has 0 radical (unpaired) electrons. The van der Waals surface area contributed by atoms with Gasteiger partial charge in [0.25, 0.3) is 0 Å². The number of isocyanates is 3. The first kappa shape index (κ1) is 40.3. The Hall–Kier alpha value is -3.45. The SMILES string of the molecule is CCCCC(C1CCCCC1N=C=O)n1c(=O)n(C(CCCC)C2CCCCC2N=C=O)c(=O)n(C(CCCC)C2CCCCC2N=C=O)c1=O. The van der Waals surface area contributed by atoms with Gasteiger partial charge in [-0.2, -0.15) is 0 Å². The standard InChI is InChI=1S/C39H60N6O6/c1-4-7-22-34(28-16-10-13-19-31(28)40-25-46)43-37(49)44(35(23-8-5-2)29-17-11-14-20-32(29)41-26-47)39(51)45(38(43)50)36(24-9-6-3)30-18-12-15-21-33(30)42-27-48/h28-36H,4-24H2,1-3H3. The molecule has 3 aliphatic carbocycles. The Labute approximate surface area is 301 Å². The molecule has 3 saturated carbocycles. The van der Waals surface area contributed by atoms with Crippen LogP contribution in [0.5, 0.6) is 0 Å². The number of hydrogen-bond acceptors (Lipinski definition) is 9. The largest absolute Gasteiger partial charge is 0.336 e. The van der Waals surface area contributed by atoms with Gasteiger partial charge in [-0.3, -0.25) is 0 Å². The van der Waals surface area contributed by atoms with Crippen LogP contribution in [0.1, 0.15) is 174 Å². The van der Waals surface area contributed by atoms with Crippen LogP contribution in [0, 0.1) is 17.8 Å². The summed E-state index contributed by atoms with van der Waals surface area (Å²) in [5, 5.41) is 0. The molecule has 1 heterocycles. The lowest BCUT2D eigenvalue weighted by molar-refractivity contribution is 0.147. The Morgan fingerprint density at radius 1 is 0.490 bits per heavy atom. The van der Waals surface area contributed by atoms with Crippen molar-refractivity contribution in [3.8, 4) is 0 Å². The highest BCUT2D eigenvalue weighted by Gasteiger charge is 2.41. The first-order chi connectivity index (χ1) is 24.9. The van der Waals surface area contributed by atoms with Crippen LogP contribution in [0.15, 0.2) is 29.4 Å². The minimum Gasteiger partial charge on any atom is -0.247 e. The zero-order chi connectivity index (χ0) is 36.8. The first-order valence-electron chi connectivity index (χ1n) is 20.1. The molecule has 0 amide bonds. The third-order valence-corrected chi connectivity index (χ3v) is 12.3. The van der Waals surface area contributed by atoms with Crippen LogP contribution in [0.4, 0.5) is 0 Å². The normalized spacial score (nSPS) is 26.9. The van der Waals surface area contributed by atoms with Crippen LogP contribution in [-0.2, 0) is 14.4 Å². The van der Waals surface area contributed by atoms with Crippen LogP contribution < -0.4 is 17.1 Å². The molecule has 0 N–H and O–H groups in total. The van der Waals surface area contributed by atoms with E-state index in [1.54, 1.807) is 18.2 Å². The zero-order valence-electron chi connectivity index (χ0n) is 31.2. The number of aliphatic imine (C=N–C) groups is 3. The van der Waals surface area contributed by atoms with E-state index in [0.29, 0.717) is 57.8 Å². The molecule has 12 heteroatoms. The molecule has 0 bridgehead atoms. The average Bonchev–Trinajstić information content (AvgIpc) is 3.14. The number of aromatic nitrogens is 3. The van der Waals surface area contributed by atoms with Gasteiger partial charge in [0.1, 0.15) is 0 Å². The Bertz CT molecular complexity index is 1380. The van der Waals surface area contributed by atoms with E-state index < -0.39 is 35.2 Å². The van der Waals surface area contributed by atoms with Gasteiger partial charge in [-0.05, 0) is 57.8 Å². The maximum Gasteiger partial charge on any atom is 0.336 e. The monoisotopic (exact) mass is 708 g/mol. The van der Waals surface area contributed by atoms with Gasteiger partial charge in [0.05, 0.1) is 18.1 Å². The first-order valence-corrected chi connectivity index (χ1v) is 20.1. The molecule has 3 fully saturated rings. The molecule has 51 heavy (non-hydrogen) atoms. The summed E-state index contributed by atoms with van der Waals surface area (Å²) in [7, 11) is 0. The summed E-state index contributed by atoms with van der Waals surface area (Å²) >= 11 is 0. The quantitative estimate of drug-likeness (QED) is 0.118. The fourth-order valence-electron chi connectivity index (χ4n) is 9.74. The van der Waals surface area contributed by atoms with Gasteiger partial charge in [0, 0.05) is 35.9 Å². The Morgan fingerprint density at radius 3 is 0.980 bits per heavy atom. The predicted octanol–water partition coefficient (Wildman–Crippen LogP) is 7.05. The Balaban J connectivity index is 2.10. The summed E-state index contributed by atoms with van der Waals surface area (Å²) < 4.78 is 4.08. The van der Waals surface area contributed by atoms with Crippen molar-refractivity contribution in [3.05, 3.63) is 31.5 Å². The van der Waals surface area contributed by atoms with Gasteiger partial charge in [0.2, 0.25) is 18.2 Å². The number of hydrogen-bond donors (Lipinski definition) is 0. The van der Waals surface area contributed by atoms with Crippen molar-refractivity contribution >= 4 is 18.2 Å². The van der Waals surface area contributed by atoms with Gasteiger partial charge < -0.3 is 0 Å². The van der Waals surface area contributed by atoms with Crippen molar-refractivity contribution in [2.24, 2.45) is 32.7 Å². The van der Waals surface area contributed by atoms with Crippen LogP contribution in [0.2, 0.25) is 0 Å². The fourth-order valence-corrected chi connectivity index (χ4v) is 9.74. The molecule has 1 aromatic rings. The van der Waals surface area contributed by atoms with Crippen molar-refractivity contribution < 1.29 is 14.4 Å². The lowest BCUT2D eigenvalue weighted by Gasteiger charge is -2.39. The summed E-state index contributed by atoms with van der Waals surface area (Å²) in [5.41, 5.74) is -1.87. The van der Waals surface area contributed by atoms with Crippen LogP contribution in [0.25, 0.3) is 0 Å². The molecule has 9 atom stereocenters. The highest BCUT2D eigenvalue weighted by Crippen LogP contribution is 2.40. The predicted molar refractivity (Wildman–Crippen MR) is 197 cm³/mol. The molecule has 3 aliphatic rings. The lowest BCUT2D eigenvalue weighted by Crippen LogP contribution is -2.60. The number of unbranched alkanes of at least 4 members (excludes halogenated alkanes) is 3. The molecule has 0 aliphatic heterocycles. The number of carbonyl (C=O) groups excluding carboxylic acids is 3. The van der Waals surface area contributed by atoms with Gasteiger partial charge in [-0.15, -0.1) is 0 Å². The van der Waals surface area contributed by atoms with Gasteiger partial charge in [0.15, 0.2) is 0 Å². The number of rotatable bonds is 18. The maximum atomic E-state index is 15.2. The van der Waals surface area contributed by atoms with Crippen molar-refractivity contribution in [2.75, 3.05) is 0 Å². The van der Waals surface area contributed by atoms with E-state index in [1.165, 1.54) is 13.7 Å². The summed E-state index contributed by atoms with van der Waals surface area (Å²) in [5.74, 6) is -0.739. The molecule has 1 aromatic heterocycles. The molecule has 0 saturated heterocycles. The van der Waals surface area contributed by atoms with Crippen molar-refractivity contribution in [1.29, 1.82) is 0 Å². The van der Waals surface area contributed by atoms with Gasteiger partial charge >= 0.3 is 17.1 Å². The van der Waals surface area contributed by atoms with E-state index in [0.717, 1.165) is 77.0 Å². The van der Waals surface area contributed by atoms with Crippen LogP contribution in [0.3, 0.4) is 0 Å². The third-order valence-electron chi connectivity index (χ3n) is 12.3. The lowest BCUT2D eigenvalue weighted by atomic mass is 9.77. The smallest absolute Gasteiger partial charge is 0.247 e.